The number of rotatable bonds is 39. The molecule has 868 valence electrons. The van der Waals surface area contributed by atoms with E-state index in [1.54, 1.807) is 83.1 Å². The van der Waals surface area contributed by atoms with Crippen molar-refractivity contribution in [3.8, 4) is 0 Å². The van der Waals surface area contributed by atoms with Gasteiger partial charge in [0.1, 0.15) is 30.5 Å². The van der Waals surface area contributed by atoms with Gasteiger partial charge in [-0.05, 0) is 247 Å². The average molecular weight is 2180 g/mol. The lowest BCUT2D eigenvalue weighted by Gasteiger charge is -2.33. The van der Waals surface area contributed by atoms with Crippen molar-refractivity contribution < 1.29 is 184 Å². The number of carbonyl (C=O) groups excluding carboxylic acids is 11. The molecule has 4 saturated carbocycles. The minimum atomic E-state index is -5.89. The van der Waals surface area contributed by atoms with E-state index in [0.29, 0.717) is 68.5 Å². The molecule has 6 aliphatic rings. The molecule has 7 rings (SSSR count). The van der Waals surface area contributed by atoms with Crippen LogP contribution >= 0.6 is 0 Å². The molecule has 2 heterocycles. The minimum absolute atomic E-state index is 0.0309. The lowest BCUT2D eigenvalue weighted by molar-refractivity contribution is -0.316. The zero-order valence-electron chi connectivity index (χ0n) is 94.5. The topological polar surface area (TPSA) is 289 Å². The molecular formula is C109H174F18O22. The molecule has 149 heavy (non-hydrogen) atoms. The summed E-state index contributed by atoms with van der Waals surface area (Å²) >= 11 is 0. The van der Waals surface area contributed by atoms with E-state index in [2.05, 4.69) is 133 Å². The van der Waals surface area contributed by atoms with Crippen molar-refractivity contribution in [3.05, 3.63) is 35.4 Å². The van der Waals surface area contributed by atoms with Gasteiger partial charge in [0.2, 0.25) is 0 Å². The molecule has 2 aliphatic heterocycles. The number of alkyl halides is 18. The summed E-state index contributed by atoms with van der Waals surface area (Å²) in [6, 6.07) is 9.08. The fourth-order valence-electron chi connectivity index (χ4n) is 15.7. The van der Waals surface area contributed by atoms with Crippen LogP contribution in [0.25, 0.3) is 0 Å². The molecule has 0 spiro atoms. The van der Waals surface area contributed by atoms with E-state index in [1.807, 2.05) is 62.3 Å². The Morgan fingerprint density at radius 1 is 0.349 bits per heavy atom. The Labute approximate surface area is 871 Å². The maximum absolute atomic E-state index is 12.8. The highest BCUT2D eigenvalue weighted by Crippen LogP contribution is 2.65. The predicted molar refractivity (Wildman–Crippen MR) is 524 cm³/mol. The van der Waals surface area contributed by atoms with Gasteiger partial charge in [-0.2, -0.15) is 79.0 Å². The molecule has 0 radical (unpaired) electrons. The number of halogens is 18. The first kappa shape index (κ1) is 141. The standard InChI is InChI=1S/2C18H20F6O6.2C14H28O2.C14H22.C13H26O2.2C9H15F3O2/c2*1-4-15(2,3)12(25)28-9-7-5-8-10(9)29-13(26)16(8,6-7)14(27)30-11(17(19,20)21)18(22,23)24;2*1-6-9-10-12(7-2)11-16-13(15)14(4,5)8-3;1-6-11(2)12-7-9-13(10-8-12)14(3,4)5;1-8-13(6,7)12(14)15-11(9(2)3)10(4)5;2*1-5-8(3,4)7(13)14-6(2)9(10,11)12/h2*7-11H,4-6H2,1-3H3;2*12H,6-11H2,1-5H3;7-11H,6H2,1-5H3;9-11H,8H2,1-7H3;2*6H,5H2,1-4H3. The molecule has 6 fully saturated rings. The number of fused-ring (bicyclic) bond motifs is 2. The van der Waals surface area contributed by atoms with Crippen molar-refractivity contribution in [2.24, 2.45) is 96.1 Å². The Morgan fingerprint density at radius 3 is 0.839 bits per heavy atom. The number of benzene rings is 1. The maximum Gasteiger partial charge on any atom is 0.434 e. The van der Waals surface area contributed by atoms with Gasteiger partial charge in [-0.3, -0.25) is 52.7 Å². The number of esters is 11. The summed E-state index contributed by atoms with van der Waals surface area (Å²) in [5, 5.41) is 0. The Morgan fingerprint density at radius 2 is 0.611 bits per heavy atom. The first-order valence-electron chi connectivity index (χ1n) is 52.2. The molecule has 15 atom stereocenters. The van der Waals surface area contributed by atoms with Crippen LogP contribution in [-0.4, -0.2) is 171 Å². The average Bonchev–Trinajstić information content (AvgIpc) is 1.53. The molecular weight excluding hydrogens is 2000 g/mol. The van der Waals surface area contributed by atoms with Crippen LogP contribution in [0.5, 0.6) is 0 Å². The smallest absolute Gasteiger partial charge is 0.434 e. The Hall–Kier alpha value is -7.87. The summed E-state index contributed by atoms with van der Waals surface area (Å²) in [5.74, 6) is -10.1. The van der Waals surface area contributed by atoms with Crippen molar-refractivity contribution in [2.45, 2.75) is 481 Å². The number of hydrogen-bond donors (Lipinski definition) is 0. The summed E-state index contributed by atoms with van der Waals surface area (Å²) in [6.07, 6.45) is -35.1. The zero-order chi connectivity index (χ0) is 117. The van der Waals surface area contributed by atoms with Crippen LogP contribution in [0, 0.1) is 96.1 Å². The number of carbonyl (C=O) groups is 11. The zero-order valence-corrected chi connectivity index (χ0v) is 94.5. The molecule has 0 aromatic heterocycles. The number of unbranched alkanes of at least 4 members (excludes halogenated alkanes) is 2. The van der Waals surface area contributed by atoms with Gasteiger partial charge in [0, 0.05) is 23.7 Å². The normalized spacial score (nSPS) is 21.7. The van der Waals surface area contributed by atoms with Gasteiger partial charge in [-0.1, -0.05) is 201 Å². The quantitative estimate of drug-likeness (QED) is 0.0256. The van der Waals surface area contributed by atoms with Gasteiger partial charge in [-0.15, -0.1) is 0 Å². The molecule has 4 bridgehead atoms. The predicted octanol–water partition coefficient (Wildman–Crippen LogP) is 29.0. The van der Waals surface area contributed by atoms with Gasteiger partial charge in [0.25, 0.3) is 12.2 Å². The van der Waals surface area contributed by atoms with Crippen molar-refractivity contribution >= 4 is 65.7 Å². The Kier molecular flexibility index (Phi) is 54.0. The fraction of sp³-hybridized carbons (Fsp3) is 0.844. The summed E-state index contributed by atoms with van der Waals surface area (Å²) in [6.45, 7) is 68.7. The fourth-order valence-corrected chi connectivity index (χ4v) is 15.7. The monoisotopic (exact) mass is 2180 g/mol. The molecule has 1 aromatic rings. The highest BCUT2D eigenvalue weighted by Gasteiger charge is 2.79. The maximum atomic E-state index is 12.8. The summed E-state index contributed by atoms with van der Waals surface area (Å²) < 4.78 is 279. The Balaban J connectivity index is 0.00000172. The second-order valence-electron chi connectivity index (χ2n) is 46.2. The first-order chi connectivity index (χ1) is 67.4. The molecule has 0 amide bonds. The molecule has 1 aromatic carbocycles. The van der Waals surface area contributed by atoms with Crippen molar-refractivity contribution in [1.29, 1.82) is 0 Å². The van der Waals surface area contributed by atoms with E-state index in [1.165, 1.54) is 56.1 Å². The molecule has 4 aliphatic carbocycles. The largest absolute Gasteiger partial charge is 0.465 e. The van der Waals surface area contributed by atoms with Gasteiger partial charge >= 0.3 is 103 Å². The van der Waals surface area contributed by atoms with Crippen LogP contribution in [0.15, 0.2) is 24.3 Å². The van der Waals surface area contributed by atoms with Crippen LogP contribution in [0.3, 0.4) is 0 Å². The minimum Gasteiger partial charge on any atom is -0.465 e. The highest BCUT2D eigenvalue weighted by atomic mass is 19.4. The molecule has 0 N–H and O–H groups in total. The van der Waals surface area contributed by atoms with Gasteiger partial charge < -0.3 is 52.1 Å². The van der Waals surface area contributed by atoms with E-state index >= 15 is 0 Å². The third kappa shape index (κ3) is 40.4. The lowest BCUT2D eigenvalue weighted by atomic mass is 9.73. The molecule has 40 heteroatoms. The van der Waals surface area contributed by atoms with Crippen molar-refractivity contribution in [3.63, 3.8) is 0 Å². The lowest BCUT2D eigenvalue weighted by Crippen LogP contribution is -2.51. The third-order valence-electron chi connectivity index (χ3n) is 30.0. The van der Waals surface area contributed by atoms with Crippen molar-refractivity contribution in [2.75, 3.05) is 13.2 Å². The highest BCUT2D eigenvalue weighted by molar-refractivity contribution is 6.04. The van der Waals surface area contributed by atoms with E-state index in [4.69, 9.17) is 33.2 Å². The molecule has 22 nitrogen and oxygen atoms in total. The molecule has 2 saturated heterocycles. The second-order valence-corrected chi connectivity index (χ2v) is 46.2. The van der Waals surface area contributed by atoms with Crippen LogP contribution in [0.4, 0.5) is 79.0 Å². The van der Waals surface area contributed by atoms with Gasteiger partial charge in [-0.25, -0.2) is 0 Å². The van der Waals surface area contributed by atoms with Crippen LogP contribution in [0.2, 0.25) is 0 Å². The summed E-state index contributed by atoms with van der Waals surface area (Å²) in [4.78, 5) is 132. The summed E-state index contributed by atoms with van der Waals surface area (Å²) in [7, 11) is 0. The van der Waals surface area contributed by atoms with E-state index in [9.17, 15) is 132 Å². The second kappa shape index (κ2) is 57.0. The van der Waals surface area contributed by atoms with E-state index < -0.39 is 203 Å². The first-order valence-corrected chi connectivity index (χ1v) is 52.2. The summed E-state index contributed by atoms with van der Waals surface area (Å²) in [5.41, 5.74) is -5.79. The third-order valence-corrected chi connectivity index (χ3v) is 30.0. The van der Waals surface area contributed by atoms with E-state index in [0.717, 1.165) is 46.0 Å². The van der Waals surface area contributed by atoms with Crippen LogP contribution < -0.4 is 0 Å². The molecule has 15 unspecified atom stereocenters. The Bertz CT molecular complexity index is 4110. The van der Waals surface area contributed by atoms with Gasteiger partial charge in [0.15, 0.2) is 23.0 Å². The van der Waals surface area contributed by atoms with Gasteiger partial charge in [0.05, 0.1) is 51.1 Å². The number of hydrogen-bond acceptors (Lipinski definition) is 22. The van der Waals surface area contributed by atoms with E-state index in [-0.39, 0.29) is 58.5 Å². The van der Waals surface area contributed by atoms with Crippen LogP contribution in [-0.2, 0) is 110 Å². The van der Waals surface area contributed by atoms with Crippen LogP contribution in [0.1, 0.15) is 395 Å². The number of ether oxygens (including phenoxy) is 11. The SMILES string of the molecule is CCC(C)(C)C(=O)OC(C(C)C)C(C)C.CCC(C)(C)C(=O)OC(C)C(F)(F)F.CCC(C)(C)C(=O)OC(C)C(F)(F)F.CCC(C)(C)C(=O)OC1C2CC3C1OC(=O)C3(C(=O)OC(C(F)(F)F)C(F)(F)F)C2.CCC(C)(C)C(=O)OC1C2CC3C1OC(=O)C3(C(=O)OC(C(F)(F)F)C(F)(F)F)C2.CCC(C)c1ccc(C(C)(C)C)cc1.CCCCC(CC)COC(=O)C(C)(C)CC.CCCCC(CC)COC(=O)C(C)(C)CC. The van der Waals surface area contributed by atoms with Crippen molar-refractivity contribution in [1.82, 2.24) is 0 Å².